The molecule has 9 nitrogen and oxygen atoms in total. The van der Waals surface area contributed by atoms with E-state index < -0.39 is 41.7 Å². The largest absolute Gasteiger partial charge is 0.493 e. The molecule has 0 aliphatic carbocycles. The van der Waals surface area contributed by atoms with E-state index in [0.717, 1.165) is 10.6 Å². The first-order valence-electron chi connectivity index (χ1n) is 8.51. The van der Waals surface area contributed by atoms with Gasteiger partial charge in [0.15, 0.2) is 18.1 Å². The second-order valence-corrected chi connectivity index (χ2v) is 6.31. The number of ether oxygens (including phenoxy) is 2. The van der Waals surface area contributed by atoms with E-state index in [0.29, 0.717) is 11.1 Å². The van der Waals surface area contributed by atoms with E-state index in [2.05, 4.69) is 4.84 Å². The van der Waals surface area contributed by atoms with Crippen molar-refractivity contribution >= 4 is 28.7 Å². The summed E-state index contributed by atoms with van der Waals surface area (Å²) in [6.07, 6.45) is -5.00. The molecule has 1 aliphatic heterocycles. The van der Waals surface area contributed by atoms with Gasteiger partial charge in [0.1, 0.15) is 0 Å². The van der Waals surface area contributed by atoms with Crippen LogP contribution in [0.1, 0.15) is 18.4 Å². The lowest BCUT2D eigenvalue weighted by atomic mass is 10.1. The fraction of sp³-hybridized carbons (Fsp3) is 0.333. The maximum Gasteiger partial charge on any atom is 0.417 e. The molecule has 0 N–H and O–H groups in total. The van der Waals surface area contributed by atoms with Crippen LogP contribution in [0.25, 0.3) is 10.9 Å². The van der Waals surface area contributed by atoms with Crippen molar-refractivity contribution in [2.75, 3.05) is 13.7 Å². The van der Waals surface area contributed by atoms with Crippen molar-refractivity contribution in [2.45, 2.75) is 19.0 Å². The molecule has 0 spiro atoms. The molecule has 1 aliphatic rings. The molecule has 0 atom stereocenters. The quantitative estimate of drug-likeness (QED) is 0.666. The highest BCUT2D eigenvalue weighted by Gasteiger charge is 2.35. The average Bonchev–Trinajstić information content (AvgIpc) is 2.99. The number of carbonyl (C=O) groups excluding carboxylic acids is 3. The maximum absolute atomic E-state index is 13.4. The number of benzene rings is 1. The summed E-state index contributed by atoms with van der Waals surface area (Å²) in [5, 5.41) is -0.0282. The van der Waals surface area contributed by atoms with Gasteiger partial charge in [0, 0.05) is 37.4 Å². The monoisotopic (exact) mass is 428 g/mol. The zero-order chi connectivity index (χ0) is 22.2. The Labute approximate surface area is 166 Å². The number of amides is 2. The number of nitrogens with zero attached hydrogens (tertiary/aromatic N) is 2. The van der Waals surface area contributed by atoms with E-state index >= 15 is 0 Å². The van der Waals surface area contributed by atoms with Crippen molar-refractivity contribution in [3.8, 4) is 11.5 Å². The molecule has 1 fully saturated rings. The molecule has 0 radical (unpaired) electrons. The van der Waals surface area contributed by atoms with Crippen LogP contribution in [0.5, 0.6) is 11.5 Å². The number of aryl methyl sites for hydroxylation is 1. The van der Waals surface area contributed by atoms with Crippen LogP contribution in [0, 0.1) is 0 Å². The van der Waals surface area contributed by atoms with Crippen LogP contribution < -0.4 is 15.0 Å². The van der Waals surface area contributed by atoms with Gasteiger partial charge >= 0.3 is 12.1 Å². The third-order valence-corrected chi connectivity index (χ3v) is 4.38. The minimum Gasteiger partial charge on any atom is -0.493 e. The van der Waals surface area contributed by atoms with Crippen LogP contribution in [-0.4, -0.2) is 41.1 Å². The molecule has 1 saturated heterocycles. The summed E-state index contributed by atoms with van der Waals surface area (Å²) in [6, 6.07) is 2.60. The molecule has 2 amide bonds. The number of fused-ring (bicyclic) bond motifs is 1. The van der Waals surface area contributed by atoms with Crippen LogP contribution in [0.4, 0.5) is 13.2 Å². The number of aromatic nitrogens is 1. The Kier molecular flexibility index (Phi) is 5.42. The number of carbonyl (C=O) groups is 3. The molecule has 30 heavy (non-hydrogen) atoms. The second-order valence-electron chi connectivity index (χ2n) is 6.31. The Balaban J connectivity index is 1.92. The molecule has 1 aromatic carbocycles. The number of halogens is 3. The summed E-state index contributed by atoms with van der Waals surface area (Å²) in [4.78, 5) is 51.3. The van der Waals surface area contributed by atoms with Crippen molar-refractivity contribution in [2.24, 2.45) is 7.05 Å². The van der Waals surface area contributed by atoms with Gasteiger partial charge in [-0.1, -0.05) is 0 Å². The number of pyridine rings is 1. The van der Waals surface area contributed by atoms with Crippen molar-refractivity contribution < 1.29 is 41.9 Å². The summed E-state index contributed by atoms with van der Waals surface area (Å²) in [6.45, 7) is -0.813. The number of hydrogen-bond acceptors (Lipinski definition) is 7. The first-order valence-corrected chi connectivity index (χ1v) is 8.51. The van der Waals surface area contributed by atoms with Crippen LogP contribution in [0.2, 0.25) is 0 Å². The molecule has 0 bridgehead atoms. The topological polar surface area (TPSA) is 104 Å². The van der Waals surface area contributed by atoms with Gasteiger partial charge < -0.3 is 18.9 Å². The molecule has 2 aromatic rings. The first-order chi connectivity index (χ1) is 14.0. The van der Waals surface area contributed by atoms with Crippen molar-refractivity contribution in [1.82, 2.24) is 9.63 Å². The number of rotatable bonds is 5. The highest BCUT2D eigenvalue weighted by Crippen LogP contribution is 2.38. The molecular weight excluding hydrogens is 413 g/mol. The normalized spacial score (nSPS) is 14.4. The molecule has 0 saturated carbocycles. The summed E-state index contributed by atoms with van der Waals surface area (Å²) in [5.74, 6) is -2.76. The molecular formula is C18H15F3N2O7. The van der Waals surface area contributed by atoms with E-state index in [4.69, 9.17) is 9.47 Å². The zero-order valence-electron chi connectivity index (χ0n) is 15.7. The van der Waals surface area contributed by atoms with E-state index in [1.807, 2.05) is 0 Å². The summed E-state index contributed by atoms with van der Waals surface area (Å²) in [5.41, 5.74) is -2.10. The summed E-state index contributed by atoms with van der Waals surface area (Å²) in [7, 11) is 2.52. The zero-order valence-corrected chi connectivity index (χ0v) is 15.7. The number of alkyl halides is 3. The van der Waals surface area contributed by atoms with E-state index in [1.54, 1.807) is 0 Å². The molecule has 0 unspecified atom stereocenters. The first kappa shape index (κ1) is 21.1. The van der Waals surface area contributed by atoms with Crippen LogP contribution >= 0.6 is 0 Å². The van der Waals surface area contributed by atoms with Gasteiger partial charge in [-0.05, 0) is 6.07 Å². The number of methoxy groups -OCH3 is 1. The predicted octanol–water partition coefficient (Wildman–Crippen LogP) is 1.55. The van der Waals surface area contributed by atoms with Gasteiger partial charge in [0.2, 0.25) is 0 Å². The second kappa shape index (κ2) is 7.69. The van der Waals surface area contributed by atoms with Gasteiger partial charge in [0.25, 0.3) is 17.4 Å². The Morgan fingerprint density at radius 3 is 2.27 bits per heavy atom. The Hall–Kier alpha value is -3.57. The fourth-order valence-corrected chi connectivity index (χ4v) is 2.89. The number of hydroxylamine groups is 2. The minimum absolute atomic E-state index is 0.0436. The highest BCUT2D eigenvalue weighted by molar-refractivity contribution is 6.01. The van der Waals surface area contributed by atoms with Crippen molar-refractivity contribution in [1.29, 1.82) is 0 Å². The average molecular weight is 428 g/mol. The van der Waals surface area contributed by atoms with Crippen LogP contribution in [0.15, 0.2) is 23.0 Å². The lowest BCUT2D eigenvalue weighted by molar-refractivity contribution is -0.198. The third kappa shape index (κ3) is 3.93. The van der Waals surface area contributed by atoms with E-state index in [9.17, 15) is 32.3 Å². The van der Waals surface area contributed by atoms with Crippen LogP contribution in [-0.2, 0) is 32.4 Å². The Morgan fingerprint density at radius 2 is 1.70 bits per heavy atom. The van der Waals surface area contributed by atoms with Gasteiger partial charge in [-0.15, -0.1) is 5.06 Å². The van der Waals surface area contributed by atoms with Crippen molar-refractivity contribution in [3.05, 3.63) is 34.1 Å². The lowest BCUT2D eigenvalue weighted by Crippen LogP contribution is -2.34. The van der Waals surface area contributed by atoms with Gasteiger partial charge in [0.05, 0.1) is 18.2 Å². The van der Waals surface area contributed by atoms with Gasteiger partial charge in [-0.2, -0.15) is 13.2 Å². The molecule has 1 aromatic heterocycles. The Morgan fingerprint density at radius 1 is 1.07 bits per heavy atom. The smallest absolute Gasteiger partial charge is 0.417 e. The van der Waals surface area contributed by atoms with Crippen molar-refractivity contribution in [3.63, 3.8) is 0 Å². The third-order valence-electron chi connectivity index (χ3n) is 4.38. The van der Waals surface area contributed by atoms with E-state index in [1.165, 1.54) is 20.2 Å². The minimum atomic E-state index is -4.81. The van der Waals surface area contributed by atoms with E-state index in [-0.39, 0.29) is 35.2 Å². The van der Waals surface area contributed by atoms with Gasteiger partial charge in [-0.25, -0.2) is 4.79 Å². The standard InChI is InChI=1S/C18H15F3N2O7/c1-22-11-7-12(28-2)13(5-9(11)10(6-16(22)26)18(19,20)21)29-8-17(27)30-23-14(24)3-4-15(23)25/h5-7H,3-4,8H2,1-2H3. The highest BCUT2D eigenvalue weighted by atomic mass is 19.4. The van der Waals surface area contributed by atoms with Gasteiger partial charge in [-0.3, -0.25) is 14.4 Å². The summed E-state index contributed by atoms with van der Waals surface area (Å²) < 4.78 is 51.5. The SMILES string of the molecule is COc1cc2c(cc1OCC(=O)ON1C(=O)CCC1=O)c(C(F)(F)F)cc(=O)n2C. The lowest BCUT2D eigenvalue weighted by Gasteiger charge is -2.17. The summed E-state index contributed by atoms with van der Waals surface area (Å²) >= 11 is 0. The fourth-order valence-electron chi connectivity index (χ4n) is 2.89. The maximum atomic E-state index is 13.4. The number of hydrogen-bond donors (Lipinski definition) is 0. The molecule has 160 valence electrons. The molecule has 3 rings (SSSR count). The molecule has 12 heteroatoms. The molecule has 2 heterocycles. The Bertz CT molecular complexity index is 1090. The predicted molar refractivity (Wildman–Crippen MR) is 93.4 cm³/mol. The number of imide groups is 1. The van der Waals surface area contributed by atoms with Crippen LogP contribution in [0.3, 0.4) is 0 Å².